The Bertz CT molecular complexity index is 1830. The number of anilines is 1. The maximum absolute atomic E-state index is 14.2. The second kappa shape index (κ2) is 10.2. The van der Waals surface area contributed by atoms with Gasteiger partial charge < -0.3 is 14.8 Å². The molecule has 3 aromatic heterocycles. The summed E-state index contributed by atoms with van der Waals surface area (Å²) in [7, 11) is 1.64. The summed E-state index contributed by atoms with van der Waals surface area (Å²) in [4.78, 5) is 34.6. The zero-order valence-electron chi connectivity index (χ0n) is 21.8. The number of nitrogens with one attached hydrogen (secondary N) is 1. The minimum absolute atomic E-state index is 0.0319. The van der Waals surface area contributed by atoms with Crippen molar-refractivity contribution in [2.75, 3.05) is 31.1 Å². The summed E-state index contributed by atoms with van der Waals surface area (Å²) in [6, 6.07) is 21.9. The van der Waals surface area contributed by atoms with Crippen LogP contribution in [0.1, 0.15) is 23.2 Å². The van der Waals surface area contributed by atoms with E-state index in [2.05, 4.69) is 21.3 Å². The molecule has 0 radical (unpaired) electrons. The number of hydrogen-bond acceptors (Lipinski definition) is 6. The predicted octanol–water partition coefficient (Wildman–Crippen LogP) is 2.82. The van der Waals surface area contributed by atoms with E-state index in [1.165, 1.54) is 9.13 Å². The van der Waals surface area contributed by atoms with E-state index in [0.717, 1.165) is 42.4 Å². The molecule has 0 bridgehead atoms. The van der Waals surface area contributed by atoms with Crippen LogP contribution in [0.4, 0.5) is 5.82 Å². The summed E-state index contributed by atoms with van der Waals surface area (Å²) >= 11 is 0. The van der Waals surface area contributed by atoms with Gasteiger partial charge in [0.05, 0.1) is 17.8 Å². The fourth-order valence-electron chi connectivity index (χ4n) is 5.63. The molecule has 5 aromatic rings. The van der Waals surface area contributed by atoms with Gasteiger partial charge in [0.15, 0.2) is 0 Å². The number of rotatable bonds is 5. The van der Waals surface area contributed by atoms with Crippen molar-refractivity contribution in [2.45, 2.75) is 19.5 Å². The average molecular weight is 520 g/mol. The van der Waals surface area contributed by atoms with Gasteiger partial charge in [-0.1, -0.05) is 54.6 Å². The Labute approximate surface area is 225 Å². The summed E-state index contributed by atoms with van der Waals surface area (Å²) in [6.45, 7) is 3.54. The molecular formula is C30H29N7O2. The molecule has 0 atom stereocenters. The Morgan fingerprint density at radius 2 is 1.72 bits per heavy atom. The van der Waals surface area contributed by atoms with Crippen LogP contribution in [0, 0.1) is 11.3 Å². The molecule has 1 saturated heterocycles. The topological polar surface area (TPSA) is 101 Å². The highest BCUT2D eigenvalue weighted by Crippen LogP contribution is 2.31. The number of nitrogens with zero attached hydrogens (tertiary/aromatic N) is 6. The van der Waals surface area contributed by atoms with Gasteiger partial charge in [0.1, 0.15) is 23.0 Å². The van der Waals surface area contributed by atoms with Gasteiger partial charge in [-0.25, -0.2) is 4.79 Å². The van der Waals surface area contributed by atoms with Gasteiger partial charge in [-0.05, 0) is 30.0 Å². The molecule has 1 fully saturated rings. The second-order valence-corrected chi connectivity index (χ2v) is 9.88. The van der Waals surface area contributed by atoms with Gasteiger partial charge in [-0.3, -0.25) is 18.9 Å². The van der Waals surface area contributed by atoms with Gasteiger partial charge >= 0.3 is 5.69 Å². The number of aromatic nitrogens is 4. The molecule has 196 valence electrons. The third kappa shape index (κ3) is 4.29. The maximum atomic E-state index is 14.2. The molecule has 0 saturated carbocycles. The van der Waals surface area contributed by atoms with Crippen LogP contribution in [0.15, 0.2) is 76.4 Å². The van der Waals surface area contributed by atoms with E-state index >= 15 is 0 Å². The highest BCUT2D eigenvalue weighted by molar-refractivity contribution is 5.90. The number of nitriles is 1. The van der Waals surface area contributed by atoms with Crippen molar-refractivity contribution in [1.29, 1.82) is 5.26 Å². The number of benzene rings is 2. The van der Waals surface area contributed by atoms with Crippen LogP contribution in [-0.2, 0) is 20.1 Å². The lowest BCUT2D eigenvalue weighted by molar-refractivity contribution is 0.647. The predicted molar refractivity (Wildman–Crippen MR) is 152 cm³/mol. The molecule has 4 heterocycles. The van der Waals surface area contributed by atoms with E-state index < -0.39 is 11.2 Å². The molecule has 2 aromatic carbocycles. The minimum atomic E-state index is -0.473. The summed E-state index contributed by atoms with van der Waals surface area (Å²) in [5.41, 5.74) is 1.84. The van der Waals surface area contributed by atoms with Gasteiger partial charge in [-0.15, -0.1) is 0 Å². The number of pyridine rings is 1. The summed E-state index contributed by atoms with van der Waals surface area (Å²) in [5, 5.41) is 15.7. The van der Waals surface area contributed by atoms with Crippen LogP contribution in [0.5, 0.6) is 0 Å². The monoisotopic (exact) mass is 519 g/mol. The molecule has 0 amide bonds. The Kier molecular flexibility index (Phi) is 6.47. The fraction of sp³-hybridized carbons (Fsp3) is 0.267. The Morgan fingerprint density at radius 1 is 0.923 bits per heavy atom. The lowest BCUT2D eigenvalue weighted by Gasteiger charge is -2.24. The van der Waals surface area contributed by atoms with Crippen molar-refractivity contribution in [3.8, 4) is 6.07 Å². The molecule has 0 aliphatic carbocycles. The first-order chi connectivity index (χ1) is 19.1. The molecule has 9 nitrogen and oxygen atoms in total. The SMILES string of the molecule is Cn1c(=O)n(Cc2nccc3ccccc23)c(=O)c2c1c(C#N)c(N1CCCNCC1)n2Cc1ccccc1. The molecule has 1 aliphatic heterocycles. The van der Waals surface area contributed by atoms with E-state index in [-0.39, 0.29) is 6.54 Å². The normalized spacial score (nSPS) is 14.0. The zero-order chi connectivity index (χ0) is 26.9. The van der Waals surface area contributed by atoms with Crippen molar-refractivity contribution in [1.82, 2.24) is 24.0 Å². The molecule has 39 heavy (non-hydrogen) atoms. The first kappa shape index (κ1) is 24.6. The van der Waals surface area contributed by atoms with Gasteiger partial charge in [0.25, 0.3) is 5.56 Å². The van der Waals surface area contributed by atoms with Crippen molar-refractivity contribution < 1.29 is 0 Å². The molecule has 1 N–H and O–H groups in total. The number of fused-ring (bicyclic) bond motifs is 2. The van der Waals surface area contributed by atoms with Crippen molar-refractivity contribution in [3.05, 3.63) is 105 Å². The lowest BCUT2D eigenvalue weighted by atomic mass is 10.1. The van der Waals surface area contributed by atoms with Gasteiger partial charge in [0.2, 0.25) is 0 Å². The van der Waals surface area contributed by atoms with Crippen molar-refractivity contribution in [2.24, 2.45) is 7.05 Å². The van der Waals surface area contributed by atoms with Crippen LogP contribution >= 0.6 is 0 Å². The number of hydrogen-bond donors (Lipinski definition) is 1. The standard InChI is InChI=1S/C30H29N7O2/c1-34-26-24(18-31)28(35-16-7-13-32-15-17-35)36(19-21-8-3-2-4-9-21)27(26)29(38)37(30(34)39)20-25-23-11-6-5-10-22(23)12-14-33-25/h2-6,8-12,14,32H,7,13,15-17,19-20H2,1H3. The Hall–Kier alpha value is -4.68. The van der Waals surface area contributed by atoms with Crippen LogP contribution in [0.2, 0.25) is 0 Å². The van der Waals surface area contributed by atoms with Crippen molar-refractivity contribution in [3.63, 3.8) is 0 Å². The number of aryl methyl sites for hydroxylation is 1. The molecular weight excluding hydrogens is 490 g/mol. The van der Waals surface area contributed by atoms with E-state index in [4.69, 9.17) is 0 Å². The summed E-state index contributed by atoms with van der Waals surface area (Å²) in [6.07, 6.45) is 2.61. The van der Waals surface area contributed by atoms with Crippen LogP contribution in [0.25, 0.3) is 21.8 Å². The third-order valence-electron chi connectivity index (χ3n) is 7.51. The minimum Gasteiger partial charge on any atom is -0.356 e. The molecule has 9 heteroatoms. The summed E-state index contributed by atoms with van der Waals surface area (Å²) < 4.78 is 4.62. The second-order valence-electron chi connectivity index (χ2n) is 9.88. The van der Waals surface area contributed by atoms with E-state index in [1.54, 1.807) is 13.2 Å². The van der Waals surface area contributed by atoms with Crippen LogP contribution in [-0.4, -0.2) is 44.9 Å². The van der Waals surface area contributed by atoms with Crippen molar-refractivity contribution >= 4 is 27.6 Å². The van der Waals surface area contributed by atoms with Gasteiger partial charge in [0, 0.05) is 44.8 Å². The average Bonchev–Trinajstić information content (AvgIpc) is 3.09. The largest absolute Gasteiger partial charge is 0.356 e. The molecule has 0 unspecified atom stereocenters. The van der Waals surface area contributed by atoms with E-state index in [1.807, 2.05) is 65.2 Å². The highest BCUT2D eigenvalue weighted by atomic mass is 16.2. The molecule has 6 rings (SSSR count). The third-order valence-corrected chi connectivity index (χ3v) is 7.51. The first-order valence-corrected chi connectivity index (χ1v) is 13.2. The first-order valence-electron chi connectivity index (χ1n) is 13.2. The van der Waals surface area contributed by atoms with E-state index in [9.17, 15) is 14.9 Å². The highest BCUT2D eigenvalue weighted by Gasteiger charge is 2.28. The van der Waals surface area contributed by atoms with Crippen LogP contribution < -0.4 is 21.5 Å². The molecule has 0 spiro atoms. The maximum Gasteiger partial charge on any atom is 0.331 e. The zero-order valence-corrected chi connectivity index (χ0v) is 21.8. The quantitative estimate of drug-likeness (QED) is 0.383. The smallest absolute Gasteiger partial charge is 0.331 e. The van der Waals surface area contributed by atoms with Crippen LogP contribution in [0.3, 0.4) is 0 Å². The lowest BCUT2D eigenvalue weighted by Crippen LogP contribution is -2.40. The fourth-order valence-corrected chi connectivity index (χ4v) is 5.63. The Morgan fingerprint density at radius 3 is 2.54 bits per heavy atom. The van der Waals surface area contributed by atoms with E-state index in [0.29, 0.717) is 41.2 Å². The summed E-state index contributed by atoms with van der Waals surface area (Å²) in [5.74, 6) is 0.688. The molecule has 1 aliphatic rings. The van der Waals surface area contributed by atoms with Gasteiger partial charge in [-0.2, -0.15) is 5.26 Å². The Balaban J connectivity index is 1.63.